The van der Waals surface area contributed by atoms with Crippen molar-refractivity contribution in [1.82, 2.24) is 5.32 Å². The van der Waals surface area contributed by atoms with Crippen LogP contribution in [0.25, 0.3) is 0 Å². The van der Waals surface area contributed by atoms with Gasteiger partial charge in [-0.2, -0.15) is 0 Å². The van der Waals surface area contributed by atoms with Gasteiger partial charge in [-0.05, 0) is 31.0 Å². The van der Waals surface area contributed by atoms with Gasteiger partial charge in [0.15, 0.2) is 0 Å². The van der Waals surface area contributed by atoms with Gasteiger partial charge in [-0.3, -0.25) is 0 Å². The molecule has 1 aromatic rings. The number of aliphatic hydroxyl groups excluding tert-OH is 2. The van der Waals surface area contributed by atoms with Crippen molar-refractivity contribution in [2.24, 2.45) is 0 Å². The van der Waals surface area contributed by atoms with E-state index in [4.69, 9.17) is 33.0 Å². The fraction of sp³-hybridized carbons (Fsp3) is 0.538. The van der Waals surface area contributed by atoms with Crippen molar-refractivity contribution >= 4 is 23.2 Å². The molecular weight excluding hydrogens is 289 g/mol. The summed E-state index contributed by atoms with van der Waals surface area (Å²) >= 11 is 11.7. The molecule has 6 heteroatoms. The minimum absolute atomic E-state index is 0.156. The molecule has 0 amide bonds. The van der Waals surface area contributed by atoms with E-state index in [1.54, 1.807) is 18.2 Å². The van der Waals surface area contributed by atoms with Crippen LogP contribution in [0.3, 0.4) is 0 Å². The van der Waals surface area contributed by atoms with Crippen molar-refractivity contribution < 1.29 is 14.9 Å². The fourth-order valence-electron chi connectivity index (χ4n) is 1.89. The molecule has 0 saturated heterocycles. The zero-order valence-electron chi connectivity index (χ0n) is 10.4. The van der Waals surface area contributed by atoms with Crippen molar-refractivity contribution in [2.45, 2.75) is 31.1 Å². The molecule has 0 aromatic heterocycles. The number of aliphatic hydroxyl groups is 2. The molecule has 19 heavy (non-hydrogen) atoms. The van der Waals surface area contributed by atoms with Gasteiger partial charge in [-0.25, -0.2) is 0 Å². The number of hydrogen-bond acceptors (Lipinski definition) is 4. The van der Waals surface area contributed by atoms with E-state index in [0.717, 1.165) is 12.8 Å². The van der Waals surface area contributed by atoms with Gasteiger partial charge in [0.1, 0.15) is 18.5 Å². The highest BCUT2D eigenvalue weighted by Gasteiger charge is 2.26. The highest BCUT2D eigenvalue weighted by Crippen LogP contribution is 2.27. The molecule has 1 unspecified atom stereocenters. The molecule has 0 aliphatic heterocycles. The van der Waals surface area contributed by atoms with E-state index < -0.39 is 6.10 Å². The second-order valence-corrected chi connectivity index (χ2v) is 5.61. The van der Waals surface area contributed by atoms with Gasteiger partial charge in [-0.15, -0.1) is 0 Å². The zero-order chi connectivity index (χ0) is 13.8. The lowest BCUT2D eigenvalue weighted by Crippen LogP contribution is -2.47. The first-order valence-electron chi connectivity index (χ1n) is 6.22. The molecule has 0 bridgehead atoms. The molecule has 3 N–H and O–H groups in total. The van der Waals surface area contributed by atoms with E-state index in [2.05, 4.69) is 5.32 Å². The Labute approximate surface area is 122 Å². The lowest BCUT2D eigenvalue weighted by atomic mass is 9.89. The maximum absolute atomic E-state index is 9.77. The maximum atomic E-state index is 9.77. The van der Waals surface area contributed by atoms with Gasteiger partial charge in [0.25, 0.3) is 0 Å². The van der Waals surface area contributed by atoms with Crippen LogP contribution in [0.15, 0.2) is 18.2 Å². The van der Waals surface area contributed by atoms with Crippen LogP contribution in [0, 0.1) is 0 Å². The van der Waals surface area contributed by atoms with Crippen LogP contribution in [0.4, 0.5) is 0 Å². The van der Waals surface area contributed by atoms with Gasteiger partial charge >= 0.3 is 0 Å². The van der Waals surface area contributed by atoms with Gasteiger partial charge in [0.2, 0.25) is 0 Å². The molecule has 1 fully saturated rings. The number of rotatable bonds is 6. The van der Waals surface area contributed by atoms with E-state index in [9.17, 15) is 5.11 Å². The smallest absolute Gasteiger partial charge is 0.138 e. The summed E-state index contributed by atoms with van der Waals surface area (Å²) in [7, 11) is 0. The second-order valence-electron chi connectivity index (χ2n) is 4.77. The monoisotopic (exact) mass is 305 g/mol. The first kappa shape index (κ1) is 14.9. The normalized spacial score (nSPS) is 23.8. The van der Waals surface area contributed by atoms with Crippen LogP contribution < -0.4 is 10.1 Å². The van der Waals surface area contributed by atoms with E-state index in [1.807, 2.05) is 0 Å². The average Bonchev–Trinajstić information content (AvgIpc) is 2.32. The standard InChI is InChI=1S/C13H17Cl2NO3/c14-8-1-2-13(12(15)3-8)19-7-11(18)6-16-9-4-10(17)5-9/h1-3,9-11,16-18H,4-7H2. The van der Waals surface area contributed by atoms with E-state index in [1.165, 1.54) is 0 Å². The summed E-state index contributed by atoms with van der Waals surface area (Å²) in [5, 5.41) is 23.0. The Kier molecular flexibility index (Phi) is 5.30. The molecule has 0 radical (unpaired) electrons. The first-order valence-corrected chi connectivity index (χ1v) is 6.97. The predicted molar refractivity (Wildman–Crippen MR) is 75.0 cm³/mol. The number of ether oxygens (including phenoxy) is 1. The molecule has 1 aliphatic carbocycles. The van der Waals surface area contributed by atoms with E-state index >= 15 is 0 Å². The predicted octanol–water partition coefficient (Wildman–Crippen LogP) is 1.85. The minimum Gasteiger partial charge on any atom is -0.489 e. The summed E-state index contributed by atoms with van der Waals surface area (Å²) in [4.78, 5) is 0. The summed E-state index contributed by atoms with van der Waals surface area (Å²) in [6, 6.07) is 5.25. The van der Waals surface area contributed by atoms with E-state index in [-0.39, 0.29) is 12.7 Å². The van der Waals surface area contributed by atoms with Gasteiger partial charge in [-0.1, -0.05) is 23.2 Å². The molecule has 4 nitrogen and oxygen atoms in total. The van der Waals surface area contributed by atoms with Crippen LogP contribution in [0.1, 0.15) is 12.8 Å². The molecule has 1 aromatic carbocycles. The number of hydrogen-bond donors (Lipinski definition) is 3. The third-order valence-corrected chi connectivity index (χ3v) is 3.61. The summed E-state index contributed by atoms with van der Waals surface area (Å²) in [6.45, 7) is 0.590. The Balaban J connectivity index is 1.69. The molecule has 0 spiro atoms. The Hall–Kier alpha value is -0.520. The molecule has 2 rings (SSSR count). The number of nitrogens with one attached hydrogen (secondary N) is 1. The van der Waals surface area contributed by atoms with Crippen LogP contribution >= 0.6 is 23.2 Å². The number of halogens is 2. The SMILES string of the molecule is OC(CNC1CC(O)C1)COc1ccc(Cl)cc1Cl. The van der Waals surface area contributed by atoms with Crippen molar-refractivity contribution in [2.75, 3.05) is 13.2 Å². The topological polar surface area (TPSA) is 61.7 Å². The highest BCUT2D eigenvalue weighted by atomic mass is 35.5. The molecular formula is C13H17Cl2NO3. The minimum atomic E-state index is -0.621. The Morgan fingerprint density at radius 3 is 2.74 bits per heavy atom. The van der Waals surface area contributed by atoms with E-state index in [0.29, 0.717) is 28.4 Å². The Morgan fingerprint density at radius 2 is 2.11 bits per heavy atom. The van der Waals surface area contributed by atoms with Crippen molar-refractivity contribution in [1.29, 1.82) is 0 Å². The van der Waals surface area contributed by atoms with Crippen LogP contribution in [-0.4, -0.2) is 41.6 Å². The zero-order valence-corrected chi connectivity index (χ0v) is 11.9. The lowest BCUT2D eigenvalue weighted by Gasteiger charge is -2.32. The maximum Gasteiger partial charge on any atom is 0.138 e. The first-order chi connectivity index (χ1) is 9.04. The Bertz CT molecular complexity index is 424. The summed E-state index contributed by atoms with van der Waals surface area (Å²) < 4.78 is 5.43. The summed E-state index contributed by atoms with van der Waals surface area (Å²) in [5.41, 5.74) is 0. The summed E-state index contributed by atoms with van der Waals surface area (Å²) in [5.74, 6) is 0.504. The van der Waals surface area contributed by atoms with Crippen LogP contribution in [-0.2, 0) is 0 Å². The molecule has 1 saturated carbocycles. The lowest BCUT2D eigenvalue weighted by molar-refractivity contribution is 0.0488. The largest absolute Gasteiger partial charge is 0.489 e. The quantitative estimate of drug-likeness (QED) is 0.750. The molecule has 1 atom stereocenters. The van der Waals surface area contributed by atoms with Crippen LogP contribution in [0.2, 0.25) is 10.0 Å². The second kappa shape index (κ2) is 6.77. The average molecular weight is 306 g/mol. The van der Waals surface area contributed by atoms with Crippen molar-refractivity contribution in [3.05, 3.63) is 28.2 Å². The van der Waals surface area contributed by atoms with Crippen molar-refractivity contribution in [3.63, 3.8) is 0 Å². The third-order valence-electron chi connectivity index (χ3n) is 3.08. The van der Waals surface area contributed by atoms with Crippen molar-refractivity contribution in [3.8, 4) is 5.75 Å². The van der Waals surface area contributed by atoms with Gasteiger partial charge in [0.05, 0.1) is 11.1 Å². The number of benzene rings is 1. The highest BCUT2D eigenvalue weighted by molar-refractivity contribution is 6.35. The molecule has 1 aliphatic rings. The van der Waals surface area contributed by atoms with Gasteiger partial charge < -0.3 is 20.3 Å². The third kappa shape index (κ3) is 4.51. The fourth-order valence-corrected chi connectivity index (χ4v) is 2.36. The summed E-state index contributed by atoms with van der Waals surface area (Å²) in [6.07, 6.45) is 0.677. The molecule has 106 valence electrons. The Morgan fingerprint density at radius 1 is 1.37 bits per heavy atom. The molecule has 0 heterocycles. The van der Waals surface area contributed by atoms with Gasteiger partial charge in [0, 0.05) is 17.6 Å². The van der Waals surface area contributed by atoms with Crippen LogP contribution in [0.5, 0.6) is 5.75 Å².